The van der Waals surface area contributed by atoms with Crippen LogP contribution in [0.1, 0.15) is 6.92 Å². The predicted molar refractivity (Wildman–Crippen MR) is 54.4 cm³/mol. The molecule has 1 amide bonds. The van der Waals surface area contributed by atoms with Gasteiger partial charge in [-0.3, -0.25) is 4.79 Å². The summed E-state index contributed by atoms with van der Waals surface area (Å²) in [4.78, 5) is 11.8. The van der Waals surface area contributed by atoms with Gasteiger partial charge in [0.1, 0.15) is 0 Å². The SMILES string of the molecule is C[C@]12C=CC=C[C@H]3[C@@H](C=C1)NC(=O)[C@@H]32. The van der Waals surface area contributed by atoms with Crippen LogP contribution in [0.4, 0.5) is 0 Å². The Kier molecular flexibility index (Phi) is 1.37. The van der Waals surface area contributed by atoms with Crippen LogP contribution in [-0.2, 0) is 4.79 Å². The van der Waals surface area contributed by atoms with Gasteiger partial charge < -0.3 is 5.32 Å². The molecule has 0 unspecified atom stereocenters. The summed E-state index contributed by atoms with van der Waals surface area (Å²) in [5, 5.41) is 3.03. The van der Waals surface area contributed by atoms with Crippen molar-refractivity contribution in [1.82, 2.24) is 5.32 Å². The fourth-order valence-corrected chi connectivity index (χ4v) is 2.87. The fourth-order valence-electron chi connectivity index (χ4n) is 2.87. The number of allylic oxidation sites excluding steroid dienone is 4. The van der Waals surface area contributed by atoms with Gasteiger partial charge in [0, 0.05) is 11.3 Å². The Labute approximate surface area is 83.4 Å². The Hall–Kier alpha value is -1.31. The van der Waals surface area contributed by atoms with Crippen LogP contribution in [0.2, 0.25) is 0 Å². The standard InChI is InChI=1S/C12H13NO/c1-12-6-3-2-4-8-9(5-7-12)13-11(14)10(8)12/h2-10H,1H3,(H,13,14)/t8-,9+,10+,12-/m0/s1. The van der Waals surface area contributed by atoms with E-state index >= 15 is 0 Å². The number of hydrogen-bond acceptors (Lipinski definition) is 1. The molecular weight excluding hydrogens is 174 g/mol. The van der Waals surface area contributed by atoms with E-state index in [-0.39, 0.29) is 23.3 Å². The van der Waals surface area contributed by atoms with Gasteiger partial charge in [-0.05, 0) is 0 Å². The van der Waals surface area contributed by atoms with Crippen molar-refractivity contribution in [3.05, 3.63) is 36.5 Å². The van der Waals surface area contributed by atoms with E-state index in [1.807, 2.05) is 0 Å². The van der Waals surface area contributed by atoms with Crippen LogP contribution in [0.15, 0.2) is 36.5 Å². The summed E-state index contributed by atoms with van der Waals surface area (Å²) < 4.78 is 0. The number of carbonyl (C=O) groups is 1. The fraction of sp³-hybridized carbons (Fsp3) is 0.417. The zero-order chi connectivity index (χ0) is 9.76. The highest BCUT2D eigenvalue weighted by Gasteiger charge is 2.51. The minimum absolute atomic E-state index is 0.0903. The quantitative estimate of drug-likeness (QED) is 0.571. The second-order valence-corrected chi connectivity index (χ2v) is 4.56. The molecule has 1 saturated heterocycles. The number of rotatable bonds is 0. The maximum absolute atomic E-state index is 11.8. The minimum atomic E-state index is -0.0920. The van der Waals surface area contributed by atoms with E-state index in [1.165, 1.54) is 0 Å². The molecular formula is C12H13NO. The molecule has 2 aliphatic carbocycles. The Bertz CT molecular complexity index is 380. The van der Waals surface area contributed by atoms with Gasteiger partial charge in [0.15, 0.2) is 0 Å². The molecule has 2 nitrogen and oxygen atoms in total. The molecule has 14 heavy (non-hydrogen) atoms. The highest BCUT2D eigenvalue weighted by molar-refractivity contribution is 5.85. The first kappa shape index (κ1) is 8.04. The van der Waals surface area contributed by atoms with E-state index < -0.39 is 0 Å². The Morgan fingerprint density at radius 1 is 1.29 bits per heavy atom. The topological polar surface area (TPSA) is 29.1 Å². The third-order valence-corrected chi connectivity index (χ3v) is 3.62. The molecule has 72 valence electrons. The third-order valence-electron chi connectivity index (χ3n) is 3.62. The first-order valence-electron chi connectivity index (χ1n) is 5.06. The van der Waals surface area contributed by atoms with Crippen molar-refractivity contribution in [1.29, 1.82) is 0 Å². The molecule has 0 aromatic carbocycles. The van der Waals surface area contributed by atoms with E-state index in [2.05, 4.69) is 48.7 Å². The summed E-state index contributed by atoms with van der Waals surface area (Å²) in [6, 6.07) is 0.219. The van der Waals surface area contributed by atoms with Crippen LogP contribution in [-0.4, -0.2) is 11.9 Å². The summed E-state index contributed by atoms with van der Waals surface area (Å²) in [5.41, 5.74) is -0.0920. The van der Waals surface area contributed by atoms with E-state index in [4.69, 9.17) is 0 Å². The summed E-state index contributed by atoms with van der Waals surface area (Å²) in [6.45, 7) is 2.13. The number of carbonyl (C=O) groups excluding carboxylic acids is 1. The summed E-state index contributed by atoms with van der Waals surface area (Å²) in [7, 11) is 0. The zero-order valence-electron chi connectivity index (χ0n) is 8.10. The predicted octanol–water partition coefficient (Wildman–Crippen LogP) is 1.42. The summed E-state index contributed by atoms with van der Waals surface area (Å²) >= 11 is 0. The average molecular weight is 187 g/mol. The van der Waals surface area contributed by atoms with Crippen LogP contribution in [0.25, 0.3) is 0 Å². The molecule has 0 aromatic rings. The molecule has 1 N–H and O–H groups in total. The molecule has 0 saturated carbocycles. The van der Waals surface area contributed by atoms with Crippen molar-refractivity contribution >= 4 is 5.91 Å². The van der Waals surface area contributed by atoms with Crippen molar-refractivity contribution in [3.63, 3.8) is 0 Å². The molecule has 0 radical (unpaired) electrons. The van der Waals surface area contributed by atoms with Gasteiger partial charge in [-0.2, -0.15) is 0 Å². The first-order valence-corrected chi connectivity index (χ1v) is 5.06. The molecule has 0 spiro atoms. The number of nitrogens with one attached hydrogen (secondary N) is 1. The van der Waals surface area contributed by atoms with E-state index in [9.17, 15) is 4.79 Å². The lowest BCUT2D eigenvalue weighted by atomic mass is 9.67. The summed E-state index contributed by atoms with van der Waals surface area (Å²) in [6.07, 6.45) is 12.7. The van der Waals surface area contributed by atoms with Gasteiger partial charge in [-0.1, -0.05) is 43.4 Å². The van der Waals surface area contributed by atoms with Crippen molar-refractivity contribution in [2.45, 2.75) is 13.0 Å². The maximum atomic E-state index is 11.8. The molecule has 1 aliphatic heterocycles. The van der Waals surface area contributed by atoms with Crippen LogP contribution >= 0.6 is 0 Å². The van der Waals surface area contributed by atoms with Gasteiger partial charge in [0.05, 0.1) is 12.0 Å². The Morgan fingerprint density at radius 2 is 2.14 bits per heavy atom. The summed E-state index contributed by atoms with van der Waals surface area (Å²) in [5.74, 6) is 0.628. The van der Waals surface area contributed by atoms with Crippen LogP contribution in [0.5, 0.6) is 0 Å². The highest BCUT2D eigenvalue weighted by atomic mass is 16.2. The third kappa shape index (κ3) is 0.834. The largest absolute Gasteiger partial charge is 0.349 e. The Morgan fingerprint density at radius 3 is 3.00 bits per heavy atom. The minimum Gasteiger partial charge on any atom is -0.349 e. The maximum Gasteiger partial charge on any atom is 0.225 e. The molecule has 3 rings (SSSR count). The van der Waals surface area contributed by atoms with Gasteiger partial charge in [-0.25, -0.2) is 0 Å². The molecule has 1 heterocycles. The normalized spacial score (nSPS) is 47.8. The van der Waals surface area contributed by atoms with Crippen molar-refractivity contribution in [3.8, 4) is 0 Å². The van der Waals surface area contributed by atoms with Crippen LogP contribution in [0.3, 0.4) is 0 Å². The van der Waals surface area contributed by atoms with Crippen molar-refractivity contribution < 1.29 is 4.79 Å². The smallest absolute Gasteiger partial charge is 0.225 e. The van der Waals surface area contributed by atoms with Crippen molar-refractivity contribution in [2.24, 2.45) is 17.3 Å². The van der Waals surface area contributed by atoms with Gasteiger partial charge in [0.25, 0.3) is 0 Å². The second kappa shape index (κ2) is 2.38. The number of hydrogen-bond donors (Lipinski definition) is 1. The van der Waals surface area contributed by atoms with Crippen molar-refractivity contribution in [2.75, 3.05) is 0 Å². The molecule has 3 aliphatic rings. The number of amides is 1. The van der Waals surface area contributed by atoms with Gasteiger partial charge in [0.2, 0.25) is 5.91 Å². The average Bonchev–Trinajstić information content (AvgIpc) is 2.31. The molecule has 4 atom stereocenters. The van der Waals surface area contributed by atoms with Gasteiger partial charge >= 0.3 is 0 Å². The first-order chi connectivity index (χ1) is 6.71. The lowest BCUT2D eigenvalue weighted by Crippen LogP contribution is -2.34. The van der Waals surface area contributed by atoms with Crippen LogP contribution in [0, 0.1) is 17.3 Å². The van der Waals surface area contributed by atoms with Gasteiger partial charge in [-0.15, -0.1) is 0 Å². The van der Waals surface area contributed by atoms with E-state index in [0.717, 1.165) is 0 Å². The monoisotopic (exact) mass is 187 g/mol. The molecule has 1 fully saturated rings. The molecule has 4 bridgehead atoms. The lowest BCUT2D eigenvalue weighted by Gasteiger charge is -2.33. The Balaban J connectivity index is 2.20. The highest BCUT2D eigenvalue weighted by Crippen LogP contribution is 2.46. The van der Waals surface area contributed by atoms with Crippen LogP contribution < -0.4 is 5.32 Å². The second-order valence-electron chi connectivity index (χ2n) is 4.56. The lowest BCUT2D eigenvalue weighted by molar-refractivity contribution is -0.124. The zero-order valence-corrected chi connectivity index (χ0v) is 8.10. The molecule has 2 heteroatoms. The van der Waals surface area contributed by atoms with E-state index in [1.54, 1.807) is 0 Å². The molecule has 0 aromatic heterocycles. The van der Waals surface area contributed by atoms with E-state index in [0.29, 0.717) is 5.92 Å².